The predicted octanol–water partition coefficient (Wildman–Crippen LogP) is 1.89. The van der Waals surface area contributed by atoms with Gasteiger partial charge in [0.2, 0.25) is 0 Å². The zero-order valence-corrected chi connectivity index (χ0v) is 8.22. The molecule has 0 aliphatic rings. The van der Waals surface area contributed by atoms with Gasteiger partial charge in [-0.15, -0.1) is 0 Å². The van der Waals surface area contributed by atoms with Crippen molar-refractivity contribution in [2.24, 2.45) is 5.73 Å². The van der Waals surface area contributed by atoms with Crippen LogP contribution >= 0.6 is 11.6 Å². The van der Waals surface area contributed by atoms with Crippen molar-refractivity contribution in [2.75, 3.05) is 18.4 Å². The average Bonchev–Trinajstić information content (AvgIpc) is 2.13. The third kappa shape index (κ3) is 4.10. The summed E-state index contributed by atoms with van der Waals surface area (Å²) in [7, 11) is 0. The molecule has 4 heteroatoms. The van der Waals surface area contributed by atoms with E-state index in [1.165, 1.54) is 0 Å². The lowest BCUT2D eigenvalue weighted by Gasteiger charge is -2.04. The summed E-state index contributed by atoms with van der Waals surface area (Å²) >= 11 is 5.71. The number of unbranched alkanes of at least 4 members (excludes halogenated alkanes) is 1. The predicted molar refractivity (Wildman–Crippen MR) is 56.0 cm³/mol. The van der Waals surface area contributed by atoms with Gasteiger partial charge in [-0.25, -0.2) is 4.98 Å². The zero-order chi connectivity index (χ0) is 9.52. The van der Waals surface area contributed by atoms with Crippen LogP contribution in [0.1, 0.15) is 12.8 Å². The molecule has 1 aromatic heterocycles. The number of halogens is 1. The van der Waals surface area contributed by atoms with E-state index in [9.17, 15) is 0 Å². The van der Waals surface area contributed by atoms with Crippen LogP contribution in [0.2, 0.25) is 5.15 Å². The van der Waals surface area contributed by atoms with Crippen molar-refractivity contribution >= 4 is 17.4 Å². The molecule has 1 rings (SSSR count). The second kappa shape index (κ2) is 5.78. The molecule has 0 aliphatic heterocycles. The summed E-state index contributed by atoms with van der Waals surface area (Å²) in [4.78, 5) is 4.09. The molecule has 0 atom stereocenters. The lowest BCUT2D eigenvalue weighted by Crippen LogP contribution is -2.06. The Bertz CT molecular complexity index is 252. The molecule has 0 fully saturated rings. The minimum Gasteiger partial charge on any atom is -0.370 e. The largest absolute Gasteiger partial charge is 0.370 e. The third-order valence-corrected chi connectivity index (χ3v) is 1.86. The van der Waals surface area contributed by atoms with E-state index >= 15 is 0 Å². The van der Waals surface area contributed by atoms with E-state index in [4.69, 9.17) is 17.3 Å². The van der Waals surface area contributed by atoms with E-state index in [1.54, 1.807) is 6.07 Å². The molecule has 1 heterocycles. The van der Waals surface area contributed by atoms with E-state index in [2.05, 4.69) is 10.3 Å². The van der Waals surface area contributed by atoms with Gasteiger partial charge in [0.25, 0.3) is 0 Å². The Kier molecular flexibility index (Phi) is 4.57. The molecule has 0 bridgehead atoms. The van der Waals surface area contributed by atoms with Crippen molar-refractivity contribution in [1.29, 1.82) is 0 Å². The van der Waals surface area contributed by atoms with Crippen molar-refractivity contribution in [3.8, 4) is 0 Å². The second-order valence-electron chi connectivity index (χ2n) is 2.77. The Labute approximate surface area is 83.3 Å². The molecule has 0 amide bonds. The molecule has 0 unspecified atom stereocenters. The van der Waals surface area contributed by atoms with Crippen LogP contribution in [0.3, 0.4) is 0 Å². The molecule has 1 aromatic rings. The van der Waals surface area contributed by atoms with Crippen LogP contribution in [0.15, 0.2) is 18.2 Å². The van der Waals surface area contributed by atoms with Crippen LogP contribution in [0.25, 0.3) is 0 Å². The van der Waals surface area contributed by atoms with Crippen molar-refractivity contribution in [3.05, 3.63) is 23.4 Å². The maximum atomic E-state index is 5.71. The first kappa shape index (κ1) is 10.3. The van der Waals surface area contributed by atoms with Crippen LogP contribution < -0.4 is 11.1 Å². The zero-order valence-electron chi connectivity index (χ0n) is 7.46. The molecule has 0 saturated heterocycles. The number of hydrogen-bond acceptors (Lipinski definition) is 3. The molecule has 3 nitrogen and oxygen atoms in total. The molecule has 72 valence electrons. The summed E-state index contributed by atoms with van der Waals surface area (Å²) in [5.41, 5.74) is 5.37. The third-order valence-electron chi connectivity index (χ3n) is 1.65. The maximum absolute atomic E-state index is 5.71. The number of nitrogens with two attached hydrogens (primary N) is 1. The van der Waals surface area contributed by atoms with Crippen molar-refractivity contribution in [1.82, 2.24) is 4.98 Å². The lowest BCUT2D eigenvalue weighted by molar-refractivity contribution is 0.772. The first-order chi connectivity index (χ1) is 6.33. The van der Waals surface area contributed by atoms with Gasteiger partial charge in [0.05, 0.1) is 0 Å². The average molecular weight is 200 g/mol. The van der Waals surface area contributed by atoms with Gasteiger partial charge < -0.3 is 11.1 Å². The van der Waals surface area contributed by atoms with Gasteiger partial charge in [0, 0.05) is 6.54 Å². The highest BCUT2D eigenvalue weighted by Crippen LogP contribution is 2.08. The molecule has 0 saturated carbocycles. The van der Waals surface area contributed by atoms with E-state index in [0.29, 0.717) is 5.15 Å². The summed E-state index contributed by atoms with van der Waals surface area (Å²) in [6, 6.07) is 5.53. The SMILES string of the molecule is NCCCCNc1cccc(Cl)n1. The van der Waals surface area contributed by atoms with Crippen LogP contribution in [-0.2, 0) is 0 Å². The molecule has 0 spiro atoms. The van der Waals surface area contributed by atoms with Crippen molar-refractivity contribution in [3.63, 3.8) is 0 Å². The highest BCUT2D eigenvalue weighted by atomic mass is 35.5. The maximum Gasteiger partial charge on any atom is 0.131 e. The fraction of sp³-hybridized carbons (Fsp3) is 0.444. The summed E-state index contributed by atoms with van der Waals surface area (Å²) in [5.74, 6) is 0.824. The Morgan fingerprint density at radius 2 is 2.23 bits per heavy atom. The van der Waals surface area contributed by atoms with Gasteiger partial charge in [0.15, 0.2) is 0 Å². The standard InChI is InChI=1S/C9H14ClN3/c10-8-4-3-5-9(13-8)12-7-2-1-6-11/h3-5H,1-2,6-7,11H2,(H,12,13). The van der Waals surface area contributed by atoms with Gasteiger partial charge in [-0.3, -0.25) is 0 Å². The molecule has 13 heavy (non-hydrogen) atoms. The van der Waals surface area contributed by atoms with Gasteiger partial charge in [-0.2, -0.15) is 0 Å². The topological polar surface area (TPSA) is 50.9 Å². The van der Waals surface area contributed by atoms with Crippen LogP contribution in [0.5, 0.6) is 0 Å². The molecule has 3 N–H and O–H groups in total. The van der Waals surface area contributed by atoms with Crippen molar-refractivity contribution in [2.45, 2.75) is 12.8 Å². The Morgan fingerprint density at radius 3 is 2.92 bits per heavy atom. The highest BCUT2D eigenvalue weighted by molar-refractivity contribution is 6.29. The quantitative estimate of drug-likeness (QED) is 0.563. The number of anilines is 1. The minimum absolute atomic E-state index is 0.517. The van der Waals surface area contributed by atoms with Gasteiger partial charge in [0.1, 0.15) is 11.0 Å². The van der Waals surface area contributed by atoms with Crippen LogP contribution in [-0.4, -0.2) is 18.1 Å². The van der Waals surface area contributed by atoms with Gasteiger partial charge in [-0.05, 0) is 31.5 Å². The number of hydrogen-bond donors (Lipinski definition) is 2. The van der Waals surface area contributed by atoms with E-state index < -0.39 is 0 Å². The number of rotatable bonds is 5. The first-order valence-electron chi connectivity index (χ1n) is 4.39. The van der Waals surface area contributed by atoms with E-state index in [-0.39, 0.29) is 0 Å². The fourth-order valence-electron chi connectivity index (χ4n) is 0.993. The second-order valence-corrected chi connectivity index (χ2v) is 3.16. The van der Waals surface area contributed by atoms with Crippen LogP contribution in [0.4, 0.5) is 5.82 Å². The normalized spacial score (nSPS) is 10.0. The number of nitrogens with zero attached hydrogens (tertiary/aromatic N) is 1. The number of aromatic nitrogens is 1. The summed E-state index contributed by atoms with van der Waals surface area (Å²) in [6.07, 6.45) is 2.10. The minimum atomic E-state index is 0.517. The molecule has 0 aromatic carbocycles. The monoisotopic (exact) mass is 199 g/mol. The number of pyridine rings is 1. The smallest absolute Gasteiger partial charge is 0.131 e. The first-order valence-corrected chi connectivity index (χ1v) is 4.77. The van der Waals surface area contributed by atoms with E-state index in [0.717, 1.165) is 31.7 Å². The number of nitrogens with one attached hydrogen (secondary N) is 1. The van der Waals surface area contributed by atoms with Crippen LogP contribution in [0, 0.1) is 0 Å². The molecular weight excluding hydrogens is 186 g/mol. The summed E-state index contributed by atoms with van der Waals surface area (Å²) in [5, 5.41) is 3.69. The summed E-state index contributed by atoms with van der Waals surface area (Å²) in [6.45, 7) is 1.63. The molecular formula is C9H14ClN3. The molecule has 0 radical (unpaired) electrons. The Balaban J connectivity index is 2.28. The van der Waals surface area contributed by atoms with Gasteiger partial charge >= 0.3 is 0 Å². The van der Waals surface area contributed by atoms with Gasteiger partial charge in [-0.1, -0.05) is 17.7 Å². The molecule has 0 aliphatic carbocycles. The van der Waals surface area contributed by atoms with E-state index in [1.807, 2.05) is 12.1 Å². The Hall–Kier alpha value is -0.800. The fourth-order valence-corrected chi connectivity index (χ4v) is 1.16. The Morgan fingerprint density at radius 1 is 1.38 bits per heavy atom. The summed E-state index contributed by atoms with van der Waals surface area (Å²) < 4.78 is 0. The van der Waals surface area contributed by atoms with Crippen molar-refractivity contribution < 1.29 is 0 Å². The lowest BCUT2D eigenvalue weighted by atomic mass is 10.3. The highest BCUT2D eigenvalue weighted by Gasteiger charge is 1.93.